The minimum absolute atomic E-state index is 0.0120. The van der Waals surface area contributed by atoms with Crippen LogP contribution in [0.5, 0.6) is 0 Å². The van der Waals surface area contributed by atoms with Gasteiger partial charge in [-0.2, -0.15) is 0 Å². The first-order valence-corrected chi connectivity index (χ1v) is 12.8. The predicted molar refractivity (Wildman–Crippen MR) is 135 cm³/mol. The summed E-state index contributed by atoms with van der Waals surface area (Å²) in [7, 11) is 1.37. The van der Waals surface area contributed by atoms with Gasteiger partial charge in [0.2, 0.25) is 0 Å². The van der Waals surface area contributed by atoms with E-state index < -0.39 is 29.6 Å². The van der Waals surface area contributed by atoms with Gasteiger partial charge in [0.25, 0.3) is 0 Å². The van der Waals surface area contributed by atoms with Crippen LogP contribution in [0.3, 0.4) is 0 Å². The van der Waals surface area contributed by atoms with Crippen molar-refractivity contribution in [1.29, 1.82) is 0 Å². The molecule has 0 saturated heterocycles. The Morgan fingerprint density at radius 1 is 1.11 bits per heavy atom. The number of aryl methyl sites for hydroxylation is 3. The summed E-state index contributed by atoms with van der Waals surface area (Å²) in [6, 6.07) is 7.76. The van der Waals surface area contributed by atoms with Crippen molar-refractivity contribution in [3.8, 4) is 0 Å². The number of rotatable bonds is 5. The number of imidazole rings is 1. The molecule has 3 aromatic rings. The lowest BCUT2D eigenvalue weighted by molar-refractivity contribution is -0.143. The van der Waals surface area contributed by atoms with Gasteiger partial charge in [-0.3, -0.25) is 9.69 Å². The van der Waals surface area contributed by atoms with Crippen molar-refractivity contribution in [2.45, 2.75) is 70.4 Å². The van der Waals surface area contributed by atoms with Gasteiger partial charge >= 0.3 is 12.1 Å². The lowest BCUT2D eigenvalue weighted by Crippen LogP contribution is -2.42. The molecule has 5 rings (SSSR count). The number of halogens is 2. The van der Waals surface area contributed by atoms with Crippen LogP contribution in [0.25, 0.3) is 11.0 Å². The van der Waals surface area contributed by atoms with Crippen LogP contribution in [0.15, 0.2) is 30.3 Å². The second kappa shape index (κ2) is 10.1. The largest absolute Gasteiger partial charge is 0.481 e. The minimum Gasteiger partial charge on any atom is -0.481 e. The molecule has 1 saturated carbocycles. The van der Waals surface area contributed by atoms with E-state index in [-0.39, 0.29) is 12.1 Å². The molecule has 1 N–H and O–H groups in total. The fraction of sp³-hybridized carbons (Fsp3) is 0.464. The second-order valence-electron chi connectivity index (χ2n) is 10.2. The maximum atomic E-state index is 13.8. The molecule has 7 nitrogen and oxygen atoms in total. The molecule has 0 bridgehead atoms. The number of ether oxygens (including phenoxy) is 1. The number of benzene rings is 2. The molecular weight excluding hydrogens is 480 g/mol. The van der Waals surface area contributed by atoms with Crippen molar-refractivity contribution in [3.05, 3.63) is 58.9 Å². The SMILES string of the molecule is COC(=O)N1c2ccc3c(nc(CCc4ccc(F)c(F)c4)n3[C@@H]3CCC[C@@H](C(=O)O)C3)c2CCC1C. The van der Waals surface area contributed by atoms with E-state index in [2.05, 4.69) is 4.57 Å². The number of aliphatic carboxylic acids is 1. The molecule has 1 aromatic heterocycles. The number of carbonyl (C=O) groups excluding carboxylic acids is 1. The molecule has 3 atom stereocenters. The summed E-state index contributed by atoms with van der Waals surface area (Å²) in [5.41, 5.74) is 4.13. The number of nitrogens with zero attached hydrogens (tertiary/aromatic N) is 3. The molecule has 1 fully saturated rings. The van der Waals surface area contributed by atoms with Crippen molar-refractivity contribution in [2.24, 2.45) is 5.92 Å². The Bertz CT molecular complexity index is 1350. The van der Waals surface area contributed by atoms with Crippen molar-refractivity contribution in [1.82, 2.24) is 9.55 Å². The van der Waals surface area contributed by atoms with Crippen LogP contribution in [-0.2, 0) is 28.8 Å². The molecule has 1 amide bonds. The number of carbonyl (C=O) groups is 2. The first kappa shape index (κ1) is 25.2. The number of carboxylic acids is 1. The molecule has 2 aromatic carbocycles. The summed E-state index contributed by atoms with van der Waals surface area (Å²) in [6.45, 7) is 1.99. The standard InChI is InChI=1S/C28H31F2N3O4/c1-16-6-9-20-23(32(16)28(36)37-2)11-12-24-26(20)31-25(13-8-17-7-10-21(29)22(30)14-17)33(24)19-5-3-4-18(15-19)27(34)35/h7,10-12,14,16,18-19H,3-6,8-9,13,15H2,1-2H3,(H,34,35)/t16?,18-,19-/m1/s1. The molecule has 0 spiro atoms. The molecule has 1 unspecified atom stereocenters. The van der Waals surface area contributed by atoms with Crippen molar-refractivity contribution < 1.29 is 28.2 Å². The fourth-order valence-corrected chi connectivity index (χ4v) is 5.98. The van der Waals surface area contributed by atoms with E-state index in [0.717, 1.165) is 59.9 Å². The first-order chi connectivity index (χ1) is 17.8. The number of aromatic nitrogens is 2. The summed E-state index contributed by atoms with van der Waals surface area (Å²) in [5.74, 6) is -2.17. The third-order valence-electron chi connectivity index (χ3n) is 7.88. The lowest BCUT2D eigenvalue weighted by Gasteiger charge is -2.34. The molecule has 1 aliphatic heterocycles. The zero-order chi connectivity index (χ0) is 26.3. The van der Waals surface area contributed by atoms with E-state index in [1.165, 1.54) is 13.2 Å². The van der Waals surface area contributed by atoms with Gasteiger partial charge in [-0.25, -0.2) is 18.6 Å². The third-order valence-corrected chi connectivity index (χ3v) is 7.88. The van der Waals surface area contributed by atoms with Crippen LogP contribution in [0.1, 0.15) is 62.0 Å². The molecule has 37 heavy (non-hydrogen) atoms. The van der Waals surface area contributed by atoms with Gasteiger partial charge in [0, 0.05) is 24.1 Å². The van der Waals surface area contributed by atoms with Crippen LogP contribution in [0.4, 0.5) is 19.3 Å². The van der Waals surface area contributed by atoms with Gasteiger partial charge in [-0.15, -0.1) is 0 Å². The topological polar surface area (TPSA) is 84.7 Å². The smallest absolute Gasteiger partial charge is 0.414 e. The van der Waals surface area contributed by atoms with Crippen molar-refractivity contribution >= 4 is 28.8 Å². The van der Waals surface area contributed by atoms with Gasteiger partial charge in [0.15, 0.2) is 11.6 Å². The van der Waals surface area contributed by atoms with Gasteiger partial charge in [-0.1, -0.05) is 12.5 Å². The predicted octanol–water partition coefficient (Wildman–Crippen LogP) is 5.82. The van der Waals surface area contributed by atoms with Crippen LogP contribution in [-0.4, -0.2) is 39.9 Å². The van der Waals surface area contributed by atoms with Gasteiger partial charge in [0.1, 0.15) is 5.82 Å². The highest BCUT2D eigenvalue weighted by Gasteiger charge is 2.34. The Labute approximate surface area is 214 Å². The number of carboxylic acid groups (broad SMARTS) is 1. The molecule has 2 aliphatic rings. The Morgan fingerprint density at radius 3 is 2.65 bits per heavy atom. The van der Waals surface area contributed by atoms with Crippen LogP contribution in [0, 0.1) is 17.6 Å². The fourth-order valence-electron chi connectivity index (χ4n) is 5.98. The Kier molecular flexibility index (Phi) is 6.88. The molecule has 196 valence electrons. The molecule has 2 heterocycles. The second-order valence-corrected chi connectivity index (χ2v) is 10.2. The first-order valence-electron chi connectivity index (χ1n) is 12.8. The zero-order valence-electron chi connectivity index (χ0n) is 21.0. The monoisotopic (exact) mass is 511 g/mol. The highest BCUT2D eigenvalue weighted by Crippen LogP contribution is 2.40. The number of amides is 1. The number of anilines is 1. The van der Waals surface area contributed by atoms with E-state index in [9.17, 15) is 23.5 Å². The quantitative estimate of drug-likeness (QED) is 0.466. The normalized spacial score (nSPS) is 21.6. The number of methoxy groups -OCH3 is 1. The van der Waals surface area contributed by atoms with Gasteiger partial charge in [0.05, 0.1) is 29.7 Å². The number of fused-ring (bicyclic) bond motifs is 3. The summed E-state index contributed by atoms with van der Waals surface area (Å²) in [6.07, 6.45) is 4.88. The van der Waals surface area contributed by atoms with Crippen LogP contribution in [0.2, 0.25) is 0 Å². The molecule has 0 radical (unpaired) electrons. The summed E-state index contributed by atoms with van der Waals surface area (Å²) >= 11 is 0. The number of hydrogen-bond acceptors (Lipinski definition) is 4. The summed E-state index contributed by atoms with van der Waals surface area (Å²) in [4.78, 5) is 31.1. The van der Waals surface area contributed by atoms with E-state index in [4.69, 9.17) is 9.72 Å². The Balaban J connectivity index is 1.59. The molecule has 9 heteroatoms. The average molecular weight is 512 g/mol. The maximum Gasteiger partial charge on any atom is 0.414 e. The van der Waals surface area contributed by atoms with E-state index in [0.29, 0.717) is 31.2 Å². The van der Waals surface area contributed by atoms with Crippen LogP contribution < -0.4 is 4.90 Å². The highest BCUT2D eigenvalue weighted by molar-refractivity contribution is 5.95. The van der Waals surface area contributed by atoms with E-state index in [1.807, 2.05) is 19.1 Å². The summed E-state index contributed by atoms with van der Waals surface area (Å²) in [5, 5.41) is 9.68. The van der Waals surface area contributed by atoms with Crippen LogP contribution >= 0.6 is 0 Å². The summed E-state index contributed by atoms with van der Waals surface area (Å²) < 4.78 is 34.5. The zero-order valence-corrected chi connectivity index (χ0v) is 21.0. The van der Waals surface area contributed by atoms with Gasteiger partial charge in [-0.05, 0) is 75.3 Å². The van der Waals surface area contributed by atoms with Crippen molar-refractivity contribution in [3.63, 3.8) is 0 Å². The Morgan fingerprint density at radius 2 is 1.92 bits per heavy atom. The highest BCUT2D eigenvalue weighted by atomic mass is 19.2. The molecular formula is C28H31F2N3O4. The Hall–Kier alpha value is -3.49. The average Bonchev–Trinajstić information content (AvgIpc) is 3.27. The molecule has 1 aliphatic carbocycles. The van der Waals surface area contributed by atoms with E-state index >= 15 is 0 Å². The van der Waals surface area contributed by atoms with E-state index in [1.54, 1.807) is 11.0 Å². The maximum absolute atomic E-state index is 13.8. The van der Waals surface area contributed by atoms with Crippen molar-refractivity contribution in [2.75, 3.05) is 12.0 Å². The lowest BCUT2D eigenvalue weighted by atomic mass is 9.85. The minimum atomic E-state index is -0.881. The van der Waals surface area contributed by atoms with Gasteiger partial charge < -0.3 is 14.4 Å². The third kappa shape index (κ3) is 4.67. The number of hydrogen-bond donors (Lipinski definition) is 1.